The smallest absolute Gasteiger partial charge is 0.0836 e. The molecular formula is C27H55O. The first-order valence-electron chi connectivity index (χ1n) is 13.3. The molecule has 0 aliphatic carbocycles. The van der Waals surface area contributed by atoms with E-state index in [0.717, 1.165) is 13.0 Å². The summed E-state index contributed by atoms with van der Waals surface area (Å²) in [5.41, 5.74) is 0. The van der Waals surface area contributed by atoms with Crippen LogP contribution in [0.3, 0.4) is 0 Å². The van der Waals surface area contributed by atoms with Crippen molar-refractivity contribution in [1.29, 1.82) is 0 Å². The van der Waals surface area contributed by atoms with Crippen LogP contribution >= 0.6 is 0 Å². The molecule has 0 aromatic carbocycles. The lowest BCUT2D eigenvalue weighted by Crippen LogP contribution is -1.92. The predicted molar refractivity (Wildman–Crippen MR) is 128 cm³/mol. The first-order chi connectivity index (χ1) is 13.9. The largest absolute Gasteiger partial charge is 0.376 e. The molecule has 0 amide bonds. The van der Waals surface area contributed by atoms with Crippen LogP contribution in [-0.2, 0) is 4.74 Å². The average Bonchev–Trinajstić information content (AvgIpc) is 2.71. The Kier molecular flexibility index (Phi) is 26.9. The van der Waals surface area contributed by atoms with Gasteiger partial charge < -0.3 is 4.74 Å². The Morgan fingerprint density at radius 2 is 0.714 bits per heavy atom. The maximum atomic E-state index is 5.66. The molecule has 1 nitrogen and oxygen atoms in total. The third-order valence-corrected chi connectivity index (χ3v) is 5.91. The second-order valence-electron chi connectivity index (χ2n) is 8.90. The molecule has 0 rings (SSSR count). The Hall–Kier alpha value is -0.0400. The maximum Gasteiger partial charge on any atom is 0.0836 e. The molecule has 0 aromatic heterocycles. The number of rotatable bonds is 25. The fraction of sp³-hybridized carbons (Fsp3) is 0.963. The molecule has 0 fully saturated rings. The molecule has 0 spiro atoms. The summed E-state index contributed by atoms with van der Waals surface area (Å²) >= 11 is 0. The van der Waals surface area contributed by atoms with Gasteiger partial charge in [0.25, 0.3) is 0 Å². The molecule has 0 heterocycles. The first-order valence-corrected chi connectivity index (χ1v) is 13.3. The van der Waals surface area contributed by atoms with Gasteiger partial charge in [-0.25, -0.2) is 0 Å². The molecule has 0 atom stereocenters. The van der Waals surface area contributed by atoms with E-state index in [1.807, 2.05) is 0 Å². The fourth-order valence-corrected chi connectivity index (χ4v) is 3.91. The summed E-state index contributed by atoms with van der Waals surface area (Å²) in [6.07, 6.45) is 32.3. The lowest BCUT2D eigenvalue weighted by Gasteiger charge is -2.05. The summed E-state index contributed by atoms with van der Waals surface area (Å²) in [7, 11) is 0. The molecule has 0 bridgehead atoms. The first kappa shape index (κ1) is 28.0. The molecule has 0 N–H and O–H groups in total. The van der Waals surface area contributed by atoms with Crippen molar-refractivity contribution in [1.82, 2.24) is 0 Å². The molecule has 169 valence electrons. The van der Waals surface area contributed by atoms with E-state index in [2.05, 4.69) is 20.5 Å². The summed E-state index contributed by atoms with van der Waals surface area (Å²) in [6.45, 7) is 7.58. The molecule has 0 saturated heterocycles. The lowest BCUT2D eigenvalue weighted by molar-refractivity contribution is 0.183. The minimum atomic E-state index is 0.937. The van der Waals surface area contributed by atoms with Crippen molar-refractivity contribution in [2.45, 2.75) is 162 Å². The molecular weight excluding hydrogens is 340 g/mol. The van der Waals surface area contributed by atoms with Crippen LogP contribution in [0.25, 0.3) is 0 Å². The third kappa shape index (κ3) is 26.0. The van der Waals surface area contributed by atoms with Gasteiger partial charge in [-0.1, -0.05) is 149 Å². The van der Waals surface area contributed by atoms with E-state index in [4.69, 9.17) is 4.74 Å². The van der Waals surface area contributed by atoms with Gasteiger partial charge in [0, 0.05) is 6.61 Å². The van der Waals surface area contributed by atoms with Crippen LogP contribution in [0.2, 0.25) is 0 Å². The van der Waals surface area contributed by atoms with Crippen molar-refractivity contribution in [2.24, 2.45) is 0 Å². The second-order valence-corrected chi connectivity index (χ2v) is 8.90. The normalized spacial score (nSPS) is 11.4. The molecule has 0 aliphatic rings. The predicted octanol–water partition coefficient (Wildman–Crippen LogP) is 10.2. The van der Waals surface area contributed by atoms with Gasteiger partial charge in [0.05, 0.1) is 6.61 Å². The van der Waals surface area contributed by atoms with Crippen molar-refractivity contribution in [2.75, 3.05) is 6.61 Å². The van der Waals surface area contributed by atoms with Crippen molar-refractivity contribution < 1.29 is 4.74 Å². The third-order valence-electron chi connectivity index (χ3n) is 5.91. The molecule has 1 heteroatoms. The summed E-state index contributed by atoms with van der Waals surface area (Å²) in [6, 6.07) is 0. The zero-order chi connectivity index (χ0) is 20.4. The Morgan fingerprint density at radius 3 is 1.11 bits per heavy atom. The topological polar surface area (TPSA) is 9.23 Å². The number of ether oxygens (including phenoxy) is 1. The molecule has 1 radical (unpaired) electrons. The van der Waals surface area contributed by atoms with Gasteiger partial charge >= 0.3 is 0 Å². The van der Waals surface area contributed by atoms with Crippen molar-refractivity contribution in [3.8, 4) is 0 Å². The van der Waals surface area contributed by atoms with Gasteiger partial charge in [0.15, 0.2) is 0 Å². The Morgan fingerprint density at radius 1 is 0.393 bits per heavy atom. The number of unbranched alkanes of at least 4 members (excludes halogenated alkanes) is 21. The molecule has 28 heavy (non-hydrogen) atoms. The van der Waals surface area contributed by atoms with Gasteiger partial charge in [-0.15, -0.1) is 0 Å². The summed E-state index contributed by atoms with van der Waals surface area (Å²) < 4.78 is 5.66. The van der Waals surface area contributed by atoms with Crippen LogP contribution < -0.4 is 0 Å². The van der Waals surface area contributed by atoms with E-state index in [0.29, 0.717) is 0 Å². The van der Waals surface area contributed by atoms with Gasteiger partial charge in [-0.2, -0.15) is 0 Å². The van der Waals surface area contributed by atoms with Gasteiger partial charge in [0.2, 0.25) is 0 Å². The van der Waals surface area contributed by atoms with Crippen LogP contribution in [0.5, 0.6) is 0 Å². The van der Waals surface area contributed by atoms with Crippen molar-refractivity contribution in [3.05, 3.63) is 6.61 Å². The molecule has 0 saturated carbocycles. The van der Waals surface area contributed by atoms with Gasteiger partial charge in [0.1, 0.15) is 0 Å². The van der Waals surface area contributed by atoms with Crippen LogP contribution in [0.1, 0.15) is 162 Å². The standard InChI is InChI=1S/C27H55O/c1-3-5-7-9-11-12-13-14-15-16-17-18-19-21-23-25-27-28-26-24-22-20-10-8-6-4-2/h27H,3-26H2,1-2H3. The van der Waals surface area contributed by atoms with E-state index < -0.39 is 0 Å². The van der Waals surface area contributed by atoms with Crippen molar-refractivity contribution in [3.63, 3.8) is 0 Å². The number of hydrogen-bond acceptors (Lipinski definition) is 1. The number of hydrogen-bond donors (Lipinski definition) is 0. The van der Waals surface area contributed by atoms with E-state index in [1.54, 1.807) is 0 Å². The van der Waals surface area contributed by atoms with Crippen LogP contribution in [-0.4, -0.2) is 6.61 Å². The average molecular weight is 396 g/mol. The highest BCUT2D eigenvalue weighted by molar-refractivity contribution is 4.54. The van der Waals surface area contributed by atoms with Gasteiger partial charge in [-0.05, 0) is 12.8 Å². The summed E-state index contributed by atoms with van der Waals surface area (Å²) in [5, 5.41) is 0. The van der Waals surface area contributed by atoms with Gasteiger partial charge in [-0.3, -0.25) is 0 Å². The minimum Gasteiger partial charge on any atom is -0.376 e. The molecule has 0 aliphatic heterocycles. The summed E-state index contributed by atoms with van der Waals surface area (Å²) in [4.78, 5) is 0. The van der Waals surface area contributed by atoms with Crippen LogP contribution in [0, 0.1) is 6.61 Å². The van der Waals surface area contributed by atoms with E-state index in [9.17, 15) is 0 Å². The maximum absolute atomic E-state index is 5.66. The van der Waals surface area contributed by atoms with Crippen LogP contribution in [0.15, 0.2) is 0 Å². The second kappa shape index (κ2) is 27.0. The lowest BCUT2D eigenvalue weighted by atomic mass is 10.0. The monoisotopic (exact) mass is 395 g/mol. The van der Waals surface area contributed by atoms with E-state index in [-0.39, 0.29) is 0 Å². The van der Waals surface area contributed by atoms with Crippen molar-refractivity contribution >= 4 is 0 Å². The zero-order valence-corrected chi connectivity index (χ0v) is 20.0. The molecule has 0 unspecified atom stereocenters. The zero-order valence-electron chi connectivity index (χ0n) is 20.0. The quantitative estimate of drug-likeness (QED) is 0.140. The highest BCUT2D eigenvalue weighted by Crippen LogP contribution is 2.14. The Labute approximate surface area is 179 Å². The Balaban J connectivity index is 2.96. The van der Waals surface area contributed by atoms with Crippen LogP contribution in [0.4, 0.5) is 0 Å². The van der Waals surface area contributed by atoms with E-state index in [1.165, 1.54) is 141 Å². The fourth-order valence-electron chi connectivity index (χ4n) is 3.91. The highest BCUT2D eigenvalue weighted by atomic mass is 16.5. The summed E-state index contributed by atoms with van der Waals surface area (Å²) in [5.74, 6) is 0. The SMILES string of the molecule is CCCCCCCCCCCCCCCCC[CH]OCCCCCCCCC. The highest BCUT2D eigenvalue weighted by Gasteiger charge is 1.96. The van der Waals surface area contributed by atoms with E-state index >= 15 is 0 Å². The minimum absolute atomic E-state index is 0.937. The molecule has 0 aromatic rings. The Bertz CT molecular complexity index is 225.